The van der Waals surface area contributed by atoms with Crippen molar-refractivity contribution in [1.29, 1.82) is 0 Å². The number of benzene rings is 1. The quantitative estimate of drug-likeness (QED) is 0.813. The van der Waals surface area contributed by atoms with E-state index in [0.29, 0.717) is 32.1 Å². The van der Waals surface area contributed by atoms with Crippen molar-refractivity contribution < 1.29 is 23.1 Å². The van der Waals surface area contributed by atoms with Crippen LogP contribution in [0.3, 0.4) is 0 Å². The van der Waals surface area contributed by atoms with Crippen LogP contribution in [0.25, 0.3) is 0 Å². The number of phenols is 1. The van der Waals surface area contributed by atoms with Gasteiger partial charge in [0.25, 0.3) is 5.91 Å². The lowest BCUT2D eigenvalue weighted by molar-refractivity contribution is 0.0671. The van der Waals surface area contributed by atoms with Crippen LogP contribution in [0, 0.1) is 23.4 Å². The molecule has 0 aromatic heterocycles. The molecule has 1 aliphatic heterocycles. The summed E-state index contributed by atoms with van der Waals surface area (Å²) in [5.74, 6) is -6.73. The summed E-state index contributed by atoms with van der Waals surface area (Å²) in [6.07, 6.45) is 1.58. The number of piperidine rings is 1. The van der Waals surface area contributed by atoms with Crippen molar-refractivity contribution in [2.45, 2.75) is 12.8 Å². The van der Waals surface area contributed by atoms with Gasteiger partial charge in [-0.05, 0) is 31.4 Å². The number of nitrogens with zero attached hydrogens (tertiary/aromatic N) is 1. The van der Waals surface area contributed by atoms with E-state index in [9.17, 15) is 18.0 Å². The number of hydrogen-bond acceptors (Lipinski definition) is 3. The number of nitrogens with two attached hydrogens (primary N) is 1. The zero-order valence-electron chi connectivity index (χ0n) is 10.7. The fourth-order valence-electron chi connectivity index (χ4n) is 2.36. The first-order valence-corrected chi connectivity index (χ1v) is 6.31. The number of likely N-dealkylation sites (tertiary alicyclic amines) is 1. The van der Waals surface area contributed by atoms with Crippen molar-refractivity contribution in [3.63, 3.8) is 0 Å². The van der Waals surface area contributed by atoms with Crippen LogP contribution in [0.1, 0.15) is 23.2 Å². The third kappa shape index (κ3) is 2.58. The lowest BCUT2D eigenvalue weighted by atomic mass is 9.97. The molecule has 0 radical (unpaired) electrons. The first-order chi connectivity index (χ1) is 9.45. The average molecular weight is 288 g/mol. The first-order valence-electron chi connectivity index (χ1n) is 6.31. The van der Waals surface area contributed by atoms with Gasteiger partial charge >= 0.3 is 0 Å². The minimum atomic E-state index is -1.70. The van der Waals surface area contributed by atoms with E-state index in [1.54, 1.807) is 0 Å². The fourth-order valence-corrected chi connectivity index (χ4v) is 2.36. The molecular weight excluding hydrogens is 273 g/mol. The SMILES string of the molecule is NCC1CCCN(C(=O)c2cc(F)c(F)c(O)c2F)C1. The summed E-state index contributed by atoms with van der Waals surface area (Å²) >= 11 is 0. The molecule has 20 heavy (non-hydrogen) atoms. The number of carbonyl (C=O) groups excluding carboxylic acids is 1. The number of amides is 1. The number of rotatable bonds is 2. The molecule has 0 aliphatic carbocycles. The number of phenolic OH excluding ortho intramolecular Hbond substituents is 1. The summed E-state index contributed by atoms with van der Waals surface area (Å²) in [7, 11) is 0. The molecule has 3 N–H and O–H groups in total. The van der Waals surface area contributed by atoms with Gasteiger partial charge in [-0.3, -0.25) is 4.79 Å². The molecule has 7 heteroatoms. The largest absolute Gasteiger partial charge is 0.503 e. The molecule has 110 valence electrons. The third-order valence-corrected chi connectivity index (χ3v) is 3.50. The van der Waals surface area contributed by atoms with Crippen molar-refractivity contribution in [2.24, 2.45) is 11.7 Å². The summed E-state index contributed by atoms with van der Waals surface area (Å²) in [4.78, 5) is 13.5. The van der Waals surface area contributed by atoms with Crippen LogP contribution < -0.4 is 5.73 Å². The van der Waals surface area contributed by atoms with Gasteiger partial charge in [0.05, 0.1) is 5.56 Å². The second-order valence-corrected chi connectivity index (χ2v) is 4.88. The minimum Gasteiger partial charge on any atom is -0.503 e. The molecule has 0 saturated carbocycles. The van der Waals surface area contributed by atoms with Crippen LogP contribution in [0.15, 0.2) is 6.07 Å². The Labute approximate surface area is 114 Å². The van der Waals surface area contributed by atoms with E-state index in [1.165, 1.54) is 4.90 Å². The smallest absolute Gasteiger partial charge is 0.257 e. The Hall–Kier alpha value is -1.76. The predicted octanol–water partition coefficient (Wildman–Crippen LogP) is 1.62. The van der Waals surface area contributed by atoms with Gasteiger partial charge < -0.3 is 15.7 Å². The summed E-state index contributed by atoms with van der Waals surface area (Å²) in [5, 5.41) is 9.13. The first kappa shape index (κ1) is 14.6. The van der Waals surface area contributed by atoms with E-state index in [-0.39, 0.29) is 5.92 Å². The lowest BCUT2D eigenvalue weighted by Gasteiger charge is -2.32. The molecule has 1 atom stereocenters. The third-order valence-electron chi connectivity index (χ3n) is 3.50. The van der Waals surface area contributed by atoms with Gasteiger partial charge in [-0.15, -0.1) is 0 Å². The van der Waals surface area contributed by atoms with Crippen LogP contribution >= 0.6 is 0 Å². The van der Waals surface area contributed by atoms with Gasteiger partial charge in [-0.2, -0.15) is 4.39 Å². The molecule has 1 saturated heterocycles. The lowest BCUT2D eigenvalue weighted by Crippen LogP contribution is -2.42. The van der Waals surface area contributed by atoms with Gasteiger partial charge in [-0.25, -0.2) is 8.78 Å². The molecule has 2 rings (SSSR count). The number of carbonyl (C=O) groups is 1. The molecule has 1 unspecified atom stereocenters. The molecule has 1 aromatic carbocycles. The molecule has 1 fully saturated rings. The van der Waals surface area contributed by atoms with Crippen molar-refractivity contribution in [3.8, 4) is 5.75 Å². The second kappa shape index (κ2) is 5.70. The zero-order chi connectivity index (χ0) is 14.9. The monoisotopic (exact) mass is 288 g/mol. The number of halogens is 3. The van der Waals surface area contributed by atoms with E-state index < -0.39 is 34.7 Å². The fraction of sp³-hybridized carbons (Fsp3) is 0.462. The molecule has 1 amide bonds. The van der Waals surface area contributed by atoms with E-state index in [4.69, 9.17) is 10.8 Å². The maximum Gasteiger partial charge on any atom is 0.257 e. The van der Waals surface area contributed by atoms with Crippen LogP contribution in [0.4, 0.5) is 13.2 Å². The number of aromatic hydroxyl groups is 1. The van der Waals surface area contributed by atoms with Gasteiger partial charge in [0.2, 0.25) is 5.82 Å². The number of hydrogen-bond donors (Lipinski definition) is 2. The Morgan fingerprint density at radius 1 is 1.40 bits per heavy atom. The van der Waals surface area contributed by atoms with Crippen LogP contribution in [-0.2, 0) is 0 Å². The summed E-state index contributed by atoms with van der Waals surface area (Å²) in [6.45, 7) is 1.14. The van der Waals surface area contributed by atoms with Gasteiger partial charge in [0, 0.05) is 13.1 Å². The maximum atomic E-state index is 13.7. The molecule has 1 heterocycles. The van der Waals surface area contributed by atoms with E-state index in [0.717, 1.165) is 6.42 Å². The van der Waals surface area contributed by atoms with Crippen molar-refractivity contribution in [1.82, 2.24) is 4.90 Å². The van der Waals surface area contributed by atoms with Crippen molar-refractivity contribution >= 4 is 5.91 Å². The topological polar surface area (TPSA) is 66.6 Å². The minimum absolute atomic E-state index is 0.106. The Balaban J connectivity index is 2.29. The highest BCUT2D eigenvalue weighted by Crippen LogP contribution is 2.27. The molecular formula is C13H15F3N2O2. The highest BCUT2D eigenvalue weighted by Gasteiger charge is 2.28. The Bertz CT molecular complexity index is 537. The van der Waals surface area contributed by atoms with Crippen LogP contribution in [-0.4, -0.2) is 35.5 Å². The maximum absolute atomic E-state index is 13.7. The highest BCUT2D eigenvalue weighted by molar-refractivity contribution is 5.95. The Kier molecular flexibility index (Phi) is 4.17. The van der Waals surface area contributed by atoms with E-state index >= 15 is 0 Å². The Morgan fingerprint density at radius 2 is 2.10 bits per heavy atom. The predicted molar refractivity (Wildman–Crippen MR) is 65.7 cm³/mol. The molecule has 1 aliphatic rings. The molecule has 1 aromatic rings. The van der Waals surface area contributed by atoms with Crippen LogP contribution in [0.5, 0.6) is 5.75 Å². The van der Waals surface area contributed by atoms with E-state index in [2.05, 4.69) is 0 Å². The van der Waals surface area contributed by atoms with E-state index in [1.807, 2.05) is 0 Å². The molecule has 0 bridgehead atoms. The second-order valence-electron chi connectivity index (χ2n) is 4.88. The summed E-state index contributed by atoms with van der Waals surface area (Å²) in [5.41, 5.74) is 4.87. The summed E-state index contributed by atoms with van der Waals surface area (Å²) in [6, 6.07) is 0.471. The summed E-state index contributed by atoms with van der Waals surface area (Å²) < 4.78 is 39.9. The standard InChI is InChI=1S/C13H15F3N2O2/c14-9-4-8(10(15)12(19)11(9)16)13(20)18-3-1-2-7(5-17)6-18/h4,7,19H,1-3,5-6,17H2. The molecule has 0 spiro atoms. The van der Waals surface area contributed by atoms with Gasteiger partial charge in [0.1, 0.15) is 0 Å². The Morgan fingerprint density at radius 3 is 2.75 bits per heavy atom. The van der Waals surface area contributed by atoms with Gasteiger partial charge in [0.15, 0.2) is 17.4 Å². The molecule has 4 nitrogen and oxygen atoms in total. The van der Waals surface area contributed by atoms with Crippen molar-refractivity contribution in [2.75, 3.05) is 19.6 Å². The van der Waals surface area contributed by atoms with Crippen LogP contribution in [0.2, 0.25) is 0 Å². The van der Waals surface area contributed by atoms with Gasteiger partial charge in [-0.1, -0.05) is 0 Å². The highest BCUT2D eigenvalue weighted by atomic mass is 19.2. The van der Waals surface area contributed by atoms with Crippen molar-refractivity contribution in [3.05, 3.63) is 29.1 Å². The zero-order valence-corrected chi connectivity index (χ0v) is 10.7. The normalized spacial score (nSPS) is 19.2. The average Bonchev–Trinajstić information content (AvgIpc) is 2.48.